The lowest BCUT2D eigenvalue weighted by atomic mass is 10.0. The van der Waals surface area contributed by atoms with Gasteiger partial charge in [0.15, 0.2) is 0 Å². The van der Waals surface area contributed by atoms with Gasteiger partial charge in [0.25, 0.3) is 0 Å². The van der Waals surface area contributed by atoms with E-state index >= 15 is 0 Å². The lowest BCUT2D eigenvalue weighted by Crippen LogP contribution is -2.07. The van der Waals surface area contributed by atoms with Crippen LogP contribution in [0, 0.1) is 27.7 Å². The maximum atomic E-state index is 13.8. The van der Waals surface area contributed by atoms with E-state index in [0.29, 0.717) is 39.9 Å². The van der Waals surface area contributed by atoms with Gasteiger partial charge in [-0.3, -0.25) is 9.32 Å². The first kappa shape index (κ1) is 26.8. The number of unbranched alkanes of at least 4 members (excludes halogenated alkanes) is 3. The largest absolute Gasteiger partial charge is 0.455 e. The lowest BCUT2D eigenvalue weighted by molar-refractivity contribution is 0.272. The van der Waals surface area contributed by atoms with Crippen LogP contribution in [0.15, 0.2) is 27.4 Å². The molecular weight excluding hydrogens is 467 g/mol. The molecule has 0 aliphatic carbocycles. The smallest absolute Gasteiger partial charge is 0.440 e. The van der Waals surface area contributed by atoms with Crippen molar-refractivity contribution >= 4 is 40.1 Å². The third-order valence-electron chi connectivity index (χ3n) is 6.30. The molecular formula is C27H37O5PS. The molecule has 0 spiro atoms. The van der Waals surface area contributed by atoms with Gasteiger partial charge in [-0.2, -0.15) is 0 Å². The first-order valence-corrected chi connectivity index (χ1v) is 15.2. The second-order valence-corrected chi connectivity index (χ2v) is 13.5. The van der Waals surface area contributed by atoms with E-state index in [1.807, 2.05) is 46.8 Å². The van der Waals surface area contributed by atoms with Crippen LogP contribution >= 0.6 is 18.2 Å². The molecule has 3 rings (SSSR count). The van der Waals surface area contributed by atoms with Gasteiger partial charge in [0, 0.05) is 10.8 Å². The zero-order valence-electron chi connectivity index (χ0n) is 21.4. The van der Waals surface area contributed by atoms with Gasteiger partial charge in [-0.15, -0.1) is 0 Å². The highest BCUT2D eigenvalue weighted by molar-refractivity contribution is 8.55. The molecule has 3 aromatic rings. The molecule has 0 saturated carbocycles. The average Bonchev–Trinajstić information content (AvgIpc) is 2.78. The van der Waals surface area contributed by atoms with Gasteiger partial charge < -0.3 is 8.94 Å². The number of fused-ring (bicyclic) bond motifs is 2. The number of hydrogen-bond acceptors (Lipinski definition) is 6. The van der Waals surface area contributed by atoms with Crippen LogP contribution in [-0.2, 0) is 9.09 Å². The summed E-state index contributed by atoms with van der Waals surface area (Å²) in [6.45, 7) is 10.8. The molecule has 7 heteroatoms. The van der Waals surface area contributed by atoms with E-state index in [9.17, 15) is 9.36 Å². The van der Waals surface area contributed by atoms with Gasteiger partial charge in [0.05, 0.1) is 17.4 Å². The second kappa shape index (κ2) is 11.3. The van der Waals surface area contributed by atoms with Gasteiger partial charge in [0.2, 0.25) is 5.43 Å². The summed E-state index contributed by atoms with van der Waals surface area (Å²) in [6, 6.07) is 5.57. The number of aryl methyl sites for hydroxylation is 4. The number of benzene rings is 2. The van der Waals surface area contributed by atoms with E-state index in [0.717, 1.165) is 48.8 Å². The third kappa shape index (κ3) is 5.90. The van der Waals surface area contributed by atoms with E-state index in [-0.39, 0.29) is 10.7 Å². The first-order valence-electron chi connectivity index (χ1n) is 12.2. The quantitative estimate of drug-likeness (QED) is 0.148. The number of rotatable bonds is 11. The van der Waals surface area contributed by atoms with Crippen molar-refractivity contribution in [3.63, 3.8) is 0 Å². The van der Waals surface area contributed by atoms with Gasteiger partial charge in [-0.1, -0.05) is 40.0 Å². The van der Waals surface area contributed by atoms with Crippen LogP contribution < -0.4 is 9.95 Å². The molecule has 0 amide bonds. The summed E-state index contributed by atoms with van der Waals surface area (Å²) < 4.78 is 32.0. The van der Waals surface area contributed by atoms with Crippen molar-refractivity contribution in [3.8, 4) is 5.75 Å². The molecule has 0 aliphatic heterocycles. The predicted octanol–water partition coefficient (Wildman–Crippen LogP) is 8.80. The van der Waals surface area contributed by atoms with Crippen LogP contribution in [0.1, 0.15) is 75.1 Å². The molecule has 0 radical (unpaired) electrons. The predicted molar refractivity (Wildman–Crippen MR) is 145 cm³/mol. The van der Waals surface area contributed by atoms with Crippen LogP contribution in [0.25, 0.3) is 21.9 Å². The van der Waals surface area contributed by atoms with Crippen molar-refractivity contribution in [1.82, 2.24) is 0 Å². The normalized spacial score (nSPS) is 14.4. The summed E-state index contributed by atoms with van der Waals surface area (Å²) >= 11 is 1.25. The van der Waals surface area contributed by atoms with Crippen LogP contribution in [0.4, 0.5) is 0 Å². The molecule has 34 heavy (non-hydrogen) atoms. The summed E-state index contributed by atoms with van der Waals surface area (Å²) in [6.07, 6.45) is 4.99. The Morgan fingerprint density at radius 3 is 2.38 bits per heavy atom. The van der Waals surface area contributed by atoms with Crippen molar-refractivity contribution in [2.45, 2.75) is 85.8 Å². The Bertz CT molecular complexity index is 1280. The third-order valence-corrected chi connectivity index (χ3v) is 10.6. The topological polar surface area (TPSA) is 65.7 Å². The van der Waals surface area contributed by atoms with E-state index < -0.39 is 6.80 Å². The molecule has 1 heterocycles. The fraction of sp³-hybridized carbons (Fsp3) is 0.519. The summed E-state index contributed by atoms with van der Waals surface area (Å²) in [4.78, 5) is 13.3. The molecule has 2 aromatic carbocycles. The highest BCUT2D eigenvalue weighted by atomic mass is 32.7. The highest BCUT2D eigenvalue weighted by Gasteiger charge is 2.31. The Morgan fingerprint density at radius 1 is 1.00 bits per heavy atom. The fourth-order valence-corrected chi connectivity index (χ4v) is 7.93. The molecule has 0 bridgehead atoms. The van der Waals surface area contributed by atoms with E-state index in [1.165, 1.54) is 11.4 Å². The van der Waals surface area contributed by atoms with Crippen LogP contribution in [-0.4, -0.2) is 11.9 Å². The standard InChI is InChI=1S/C27H37O5PS/c1-8-10-11-12-13-30-33(29,34-20(6)9-2)32-23-16-19(5)25-26(28)22-14-17(3)18(4)15-24(22)31-27(25)21(23)7/h14-16,20H,8-13H2,1-7H3. The Kier molecular flexibility index (Phi) is 8.94. The zero-order chi connectivity index (χ0) is 25.0. The molecule has 5 nitrogen and oxygen atoms in total. The van der Waals surface area contributed by atoms with E-state index in [1.54, 1.807) is 6.07 Å². The molecule has 0 aliphatic rings. The second-order valence-electron chi connectivity index (χ2n) is 9.14. The minimum atomic E-state index is -3.46. The van der Waals surface area contributed by atoms with Gasteiger partial charge in [-0.25, -0.2) is 4.57 Å². The minimum Gasteiger partial charge on any atom is -0.455 e. The monoisotopic (exact) mass is 504 g/mol. The fourth-order valence-electron chi connectivity index (χ4n) is 3.86. The van der Waals surface area contributed by atoms with Crippen molar-refractivity contribution in [2.75, 3.05) is 6.61 Å². The van der Waals surface area contributed by atoms with Crippen molar-refractivity contribution in [2.24, 2.45) is 0 Å². The molecule has 0 fully saturated rings. The maximum Gasteiger partial charge on any atom is 0.440 e. The highest BCUT2D eigenvalue weighted by Crippen LogP contribution is 2.62. The average molecular weight is 505 g/mol. The minimum absolute atomic E-state index is 0.0594. The van der Waals surface area contributed by atoms with Crippen molar-refractivity contribution in [3.05, 3.63) is 50.7 Å². The zero-order valence-corrected chi connectivity index (χ0v) is 23.2. The maximum absolute atomic E-state index is 13.8. The number of hydrogen-bond donors (Lipinski definition) is 0. The molecule has 0 saturated heterocycles. The van der Waals surface area contributed by atoms with E-state index in [2.05, 4.69) is 13.8 Å². The Morgan fingerprint density at radius 2 is 1.71 bits per heavy atom. The summed E-state index contributed by atoms with van der Waals surface area (Å²) in [5, 5.41) is 1.22. The molecule has 2 unspecified atom stereocenters. The van der Waals surface area contributed by atoms with E-state index in [4.69, 9.17) is 13.5 Å². The summed E-state index contributed by atoms with van der Waals surface area (Å²) in [5.41, 5.74) is 4.44. The Hall–Kier alpha value is -1.75. The SMILES string of the molecule is CCCCCCOP(=O)(Oc1cc(C)c2c(=O)c3cc(C)c(C)cc3oc2c1C)SC(C)CC. The van der Waals surface area contributed by atoms with Gasteiger partial charge in [-0.05, 0) is 86.8 Å². The summed E-state index contributed by atoms with van der Waals surface area (Å²) in [5.74, 6) is 0.434. The van der Waals surface area contributed by atoms with Gasteiger partial charge >= 0.3 is 6.80 Å². The lowest BCUT2D eigenvalue weighted by Gasteiger charge is -2.22. The van der Waals surface area contributed by atoms with Crippen molar-refractivity contribution < 1.29 is 18.0 Å². The molecule has 0 N–H and O–H groups in total. The molecule has 2 atom stereocenters. The van der Waals surface area contributed by atoms with Crippen LogP contribution in [0.2, 0.25) is 0 Å². The van der Waals surface area contributed by atoms with Crippen molar-refractivity contribution in [1.29, 1.82) is 0 Å². The molecule has 186 valence electrons. The van der Waals surface area contributed by atoms with Crippen LogP contribution in [0.3, 0.4) is 0 Å². The van der Waals surface area contributed by atoms with Crippen LogP contribution in [0.5, 0.6) is 5.75 Å². The first-order chi connectivity index (χ1) is 16.1. The Balaban J connectivity index is 2.05. The van der Waals surface area contributed by atoms with Gasteiger partial charge in [0.1, 0.15) is 16.9 Å². The summed E-state index contributed by atoms with van der Waals surface area (Å²) in [7, 11) is 0. The Labute approximate surface area is 206 Å². The molecule has 1 aromatic heterocycles.